The quantitative estimate of drug-likeness (QED) is 0.698. The number of fused-ring (bicyclic) bond motifs is 1. The van der Waals surface area contributed by atoms with E-state index in [1.54, 1.807) is 5.57 Å². The van der Waals surface area contributed by atoms with Crippen molar-refractivity contribution in [2.24, 2.45) is 11.8 Å². The molecule has 0 aromatic carbocycles. The fraction of sp³-hybridized carbons (Fsp3) is 0.733. The highest BCUT2D eigenvalue weighted by Gasteiger charge is 2.27. The molecule has 2 atom stereocenters. The third-order valence-electron chi connectivity index (χ3n) is 3.82. The van der Waals surface area contributed by atoms with Crippen LogP contribution >= 0.6 is 0 Å². The van der Waals surface area contributed by atoms with Gasteiger partial charge in [-0.15, -0.1) is 0 Å². The molecule has 0 spiro atoms. The van der Waals surface area contributed by atoms with Crippen LogP contribution in [0.25, 0.3) is 0 Å². The molecule has 0 heterocycles. The van der Waals surface area contributed by atoms with Crippen molar-refractivity contribution in [3.8, 4) is 0 Å². The Kier molecular flexibility index (Phi) is 5.83. The number of hydrogen-bond acceptors (Lipinski definition) is 1. The van der Waals surface area contributed by atoms with Gasteiger partial charge in [-0.3, -0.25) is 0 Å². The first-order valence-corrected chi connectivity index (χ1v) is 6.78. The molecule has 2 rings (SSSR count). The first-order valence-electron chi connectivity index (χ1n) is 6.78. The van der Waals surface area contributed by atoms with Gasteiger partial charge in [-0.25, -0.2) is 0 Å². The molecular weight excluding hydrogens is 196 g/mol. The van der Waals surface area contributed by atoms with E-state index in [-0.39, 0.29) is 6.61 Å². The summed E-state index contributed by atoms with van der Waals surface area (Å²) in [5.74, 6) is 1.39. The maximum atomic E-state index is 9.07. The summed E-state index contributed by atoms with van der Waals surface area (Å²) < 4.78 is 0. The summed E-state index contributed by atoms with van der Waals surface area (Å²) in [5, 5.41) is 9.07. The highest BCUT2D eigenvalue weighted by molar-refractivity contribution is 5.16. The Morgan fingerprint density at radius 1 is 1.44 bits per heavy atom. The second-order valence-corrected chi connectivity index (χ2v) is 4.69. The molecule has 1 fully saturated rings. The molecule has 0 bridgehead atoms. The Morgan fingerprint density at radius 3 is 2.88 bits per heavy atom. The summed E-state index contributed by atoms with van der Waals surface area (Å²) in [5.41, 5.74) is 2.74. The van der Waals surface area contributed by atoms with Crippen LogP contribution in [0.3, 0.4) is 0 Å². The first-order chi connectivity index (χ1) is 7.81. The van der Waals surface area contributed by atoms with Crippen LogP contribution in [0.1, 0.15) is 52.4 Å². The molecule has 0 saturated heterocycles. The van der Waals surface area contributed by atoms with Crippen LogP contribution in [0.15, 0.2) is 23.8 Å². The van der Waals surface area contributed by atoms with Crippen molar-refractivity contribution in [1.29, 1.82) is 0 Å². The minimum Gasteiger partial charge on any atom is -0.392 e. The van der Waals surface area contributed by atoms with Crippen LogP contribution in [0.5, 0.6) is 0 Å². The predicted octanol–water partition coefficient (Wildman–Crippen LogP) is 4.09. The minimum atomic E-state index is 0.177. The summed E-state index contributed by atoms with van der Waals surface area (Å²) >= 11 is 0. The molecule has 92 valence electrons. The van der Waals surface area contributed by atoms with Crippen LogP contribution in [0.2, 0.25) is 0 Å². The topological polar surface area (TPSA) is 20.2 Å². The summed E-state index contributed by atoms with van der Waals surface area (Å²) in [6.45, 7) is 8.14. The third kappa shape index (κ3) is 3.21. The minimum absolute atomic E-state index is 0.177. The van der Waals surface area contributed by atoms with Gasteiger partial charge in [0.1, 0.15) is 0 Å². The molecule has 16 heavy (non-hydrogen) atoms. The van der Waals surface area contributed by atoms with E-state index in [1.165, 1.54) is 38.5 Å². The van der Waals surface area contributed by atoms with E-state index in [0.29, 0.717) is 5.92 Å². The molecule has 1 nitrogen and oxygen atoms in total. The van der Waals surface area contributed by atoms with Crippen LogP contribution < -0.4 is 0 Å². The maximum Gasteiger partial charge on any atom is 0.0641 e. The van der Waals surface area contributed by atoms with Crippen molar-refractivity contribution >= 4 is 0 Å². The number of aliphatic hydroxyl groups is 1. The molecule has 1 saturated carbocycles. The molecule has 0 aromatic rings. The molecule has 1 heteroatoms. The van der Waals surface area contributed by atoms with E-state index in [4.69, 9.17) is 5.11 Å². The van der Waals surface area contributed by atoms with Gasteiger partial charge in [0.05, 0.1) is 6.61 Å². The summed E-state index contributed by atoms with van der Waals surface area (Å²) in [4.78, 5) is 0. The monoisotopic (exact) mass is 222 g/mol. The maximum absolute atomic E-state index is 9.07. The van der Waals surface area contributed by atoms with E-state index in [1.807, 2.05) is 13.8 Å². The average molecular weight is 222 g/mol. The van der Waals surface area contributed by atoms with Gasteiger partial charge in [-0.05, 0) is 55.9 Å². The Hall–Kier alpha value is -0.560. The van der Waals surface area contributed by atoms with Gasteiger partial charge < -0.3 is 5.11 Å². The number of rotatable bonds is 2. The van der Waals surface area contributed by atoms with Gasteiger partial charge >= 0.3 is 0 Å². The standard InChI is InChI=1S/C13H20O.C2H6/c1-10(9-14)12-7-6-11-4-2-3-5-13(11)8-12;1-2/h4,12-14H,1-3,5-9H2;1-2H3. The lowest BCUT2D eigenvalue weighted by Crippen LogP contribution is -2.22. The number of hydrogen-bond donors (Lipinski definition) is 1. The van der Waals surface area contributed by atoms with Crippen molar-refractivity contribution in [2.75, 3.05) is 6.61 Å². The molecule has 0 amide bonds. The van der Waals surface area contributed by atoms with Crippen LogP contribution in [-0.4, -0.2) is 11.7 Å². The SMILES string of the molecule is C=C(CO)C1CCC2=CCCCC2C1.CC. The van der Waals surface area contributed by atoms with Gasteiger partial charge in [0, 0.05) is 0 Å². The van der Waals surface area contributed by atoms with Gasteiger partial charge in [-0.1, -0.05) is 32.1 Å². The fourth-order valence-corrected chi connectivity index (χ4v) is 2.88. The second kappa shape index (κ2) is 6.90. The molecule has 0 aliphatic heterocycles. The average Bonchev–Trinajstić information content (AvgIpc) is 2.39. The molecule has 2 aliphatic carbocycles. The highest BCUT2D eigenvalue weighted by atomic mass is 16.3. The summed E-state index contributed by atoms with van der Waals surface area (Å²) in [6.07, 6.45) is 10.2. The van der Waals surface area contributed by atoms with Gasteiger partial charge in [0.15, 0.2) is 0 Å². The van der Waals surface area contributed by atoms with Crippen LogP contribution in [0, 0.1) is 11.8 Å². The smallest absolute Gasteiger partial charge is 0.0641 e. The van der Waals surface area contributed by atoms with E-state index in [0.717, 1.165) is 11.5 Å². The largest absolute Gasteiger partial charge is 0.392 e. The van der Waals surface area contributed by atoms with Crippen molar-refractivity contribution in [1.82, 2.24) is 0 Å². The zero-order valence-corrected chi connectivity index (χ0v) is 10.8. The van der Waals surface area contributed by atoms with Crippen molar-refractivity contribution in [2.45, 2.75) is 52.4 Å². The molecule has 0 radical (unpaired) electrons. The Bertz CT molecular complexity index is 252. The molecule has 0 aromatic heterocycles. The first kappa shape index (κ1) is 13.5. The lowest BCUT2D eigenvalue weighted by molar-refractivity contribution is 0.278. The molecule has 1 N–H and O–H groups in total. The van der Waals surface area contributed by atoms with Crippen LogP contribution in [-0.2, 0) is 0 Å². The highest BCUT2D eigenvalue weighted by Crippen LogP contribution is 2.41. The van der Waals surface area contributed by atoms with E-state index in [9.17, 15) is 0 Å². The molecule has 2 unspecified atom stereocenters. The van der Waals surface area contributed by atoms with Crippen molar-refractivity contribution in [3.63, 3.8) is 0 Å². The van der Waals surface area contributed by atoms with Crippen molar-refractivity contribution < 1.29 is 5.11 Å². The summed E-state index contributed by atoms with van der Waals surface area (Å²) in [7, 11) is 0. The zero-order valence-electron chi connectivity index (χ0n) is 10.8. The van der Waals surface area contributed by atoms with Crippen LogP contribution in [0.4, 0.5) is 0 Å². The molecular formula is C15H26O. The van der Waals surface area contributed by atoms with E-state index < -0.39 is 0 Å². The zero-order chi connectivity index (χ0) is 12.0. The second-order valence-electron chi connectivity index (χ2n) is 4.69. The summed E-state index contributed by atoms with van der Waals surface area (Å²) in [6, 6.07) is 0. The Morgan fingerprint density at radius 2 is 2.19 bits per heavy atom. The normalized spacial score (nSPS) is 28.3. The Labute approximate surface area is 100 Å². The van der Waals surface area contributed by atoms with Gasteiger partial charge in [0.2, 0.25) is 0 Å². The van der Waals surface area contributed by atoms with E-state index in [2.05, 4.69) is 12.7 Å². The van der Waals surface area contributed by atoms with E-state index >= 15 is 0 Å². The molecule has 2 aliphatic rings. The predicted molar refractivity (Wildman–Crippen MR) is 70.3 cm³/mol. The number of aliphatic hydroxyl groups excluding tert-OH is 1. The third-order valence-corrected chi connectivity index (χ3v) is 3.82. The number of allylic oxidation sites excluding steroid dienone is 2. The Balaban J connectivity index is 0.000000606. The lowest BCUT2D eigenvalue weighted by atomic mass is 9.71. The van der Waals surface area contributed by atoms with Crippen molar-refractivity contribution in [3.05, 3.63) is 23.8 Å². The van der Waals surface area contributed by atoms with Gasteiger partial charge in [0.25, 0.3) is 0 Å². The lowest BCUT2D eigenvalue weighted by Gasteiger charge is -2.34. The fourth-order valence-electron chi connectivity index (χ4n) is 2.88. The van der Waals surface area contributed by atoms with Gasteiger partial charge in [-0.2, -0.15) is 0 Å².